The van der Waals surface area contributed by atoms with Crippen molar-refractivity contribution in [3.63, 3.8) is 0 Å². The summed E-state index contributed by atoms with van der Waals surface area (Å²) in [6, 6.07) is 0. The zero-order chi connectivity index (χ0) is 7.98. The Morgan fingerprint density at radius 3 is 2.80 bits per heavy atom. The third-order valence-electron chi connectivity index (χ3n) is 0.765. The van der Waals surface area contributed by atoms with Gasteiger partial charge in [0.15, 0.2) is 0 Å². The van der Waals surface area contributed by atoms with E-state index < -0.39 is 5.97 Å². The van der Waals surface area contributed by atoms with E-state index in [9.17, 15) is 4.79 Å². The van der Waals surface area contributed by atoms with Crippen molar-refractivity contribution >= 4 is 5.97 Å². The number of aliphatic hydroxyl groups is 1. The molecule has 0 bridgehead atoms. The molecule has 0 saturated heterocycles. The minimum atomic E-state index is -0.446. The Bertz CT molecular complexity index is 158. The van der Waals surface area contributed by atoms with Gasteiger partial charge in [0.1, 0.15) is 6.61 Å². The molecular formula is C7H10O3. The van der Waals surface area contributed by atoms with Crippen LogP contribution in [-0.2, 0) is 9.53 Å². The Morgan fingerprint density at radius 1 is 1.80 bits per heavy atom. The SMILES string of the molecule is C=C(C)C(=O)OC/C=C/O. The van der Waals surface area contributed by atoms with Crippen LogP contribution in [0.2, 0.25) is 0 Å². The maximum absolute atomic E-state index is 10.6. The monoisotopic (exact) mass is 142 g/mol. The molecule has 3 nitrogen and oxygen atoms in total. The number of ether oxygens (including phenoxy) is 1. The molecule has 0 heterocycles. The van der Waals surface area contributed by atoms with Gasteiger partial charge in [-0.25, -0.2) is 4.79 Å². The number of aliphatic hydroxyl groups excluding tert-OH is 1. The summed E-state index contributed by atoms with van der Waals surface area (Å²) in [5.41, 5.74) is 0.353. The molecule has 0 fully saturated rings. The number of esters is 1. The van der Waals surface area contributed by atoms with E-state index in [1.54, 1.807) is 6.92 Å². The number of carbonyl (C=O) groups is 1. The van der Waals surface area contributed by atoms with Gasteiger partial charge in [-0.2, -0.15) is 0 Å². The van der Waals surface area contributed by atoms with E-state index in [4.69, 9.17) is 5.11 Å². The predicted molar refractivity (Wildman–Crippen MR) is 37.5 cm³/mol. The topological polar surface area (TPSA) is 46.5 Å². The molecule has 0 aliphatic heterocycles. The molecule has 0 unspecified atom stereocenters. The number of hydrogen-bond acceptors (Lipinski definition) is 3. The van der Waals surface area contributed by atoms with Gasteiger partial charge in [-0.15, -0.1) is 0 Å². The summed E-state index contributed by atoms with van der Waals surface area (Å²) in [6.07, 6.45) is 2.15. The van der Waals surface area contributed by atoms with Gasteiger partial charge in [-0.3, -0.25) is 0 Å². The Hall–Kier alpha value is -1.25. The van der Waals surface area contributed by atoms with Gasteiger partial charge in [0.05, 0.1) is 6.26 Å². The van der Waals surface area contributed by atoms with Crippen LogP contribution in [0.15, 0.2) is 24.5 Å². The van der Waals surface area contributed by atoms with E-state index in [1.165, 1.54) is 6.08 Å². The first-order chi connectivity index (χ1) is 4.68. The van der Waals surface area contributed by atoms with Crippen LogP contribution in [0.5, 0.6) is 0 Å². The third kappa shape index (κ3) is 3.72. The van der Waals surface area contributed by atoms with Crippen molar-refractivity contribution in [2.24, 2.45) is 0 Å². The summed E-state index contributed by atoms with van der Waals surface area (Å²) < 4.78 is 4.56. The highest BCUT2D eigenvalue weighted by atomic mass is 16.5. The van der Waals surface area contributed by atoms with Crippen molar-refractivity contribution in [2.45, 2.75) is 6.92 Å². The van der Waals surface area contributed by atoms with Crippen molar-refractivity contribution in [3.05, 3.63) is 24.5 Å². The van der Waals surface area contributed by atoms with Crippen molar-refractivity contribution in [3.8, 4) is 0 Å². The van der Waals surface area contributed by atoms with E-state index in [1.807, 2.05) is 0 Å². The van der Waals surface area contributed by atoms with Crippen LogP contribution in [0.25, 0.3) is 0 Å². The second kappa shape index (κ2) is 4.61. The van der Waals surface area contributed by atoms with Crippen LogP contribution in [0, 0.1) is 0 Å². The lowest BCUT2D eigenvalue weighted by Crippen LogP contribution is -2.04. The highest BCUT2D eigenvalue weighted by Crippen LogP contribution is 1.90. The molecule has 0 aromatic carbocycles. The summed E-state index contributed by atoms with van der Waals surface area (Å²) in [7, 11) is 0. The fraction of sp³-hybridized carbons (Fsp3) is 0.286. The fourth-order valence-electron chi connectivity index (χ4n) is 0.290. The molecule has 0 rings (SSSR count). The Kier molecular flexibility index (Phi) is 4.04. The van der Waals surface area contributed by atoms with Gasteiger partial charge in [-0.05, 0) is 13.0 Å². The minimum Gasteiger partial charge on any atom is -0.516 e. The molecule has 0 spiro atoms. The third-order valence-corrected chi connectivity index (χ3v) is 0.765. The van der Waals surface area contributed by atoms with Gasteiger partial charge in [0.25, 0.3) is 0 Å². The van der Waals surface area contributed by atoms with Gasteiger partial charge in [0.2, 0.25) is 0 Å². The lowest BCUT2D eigenvalue weighted by atomic mass is 10.4. The summed E-state index contributed by atoms with van der Waals surface area (Å²) in [5.74, 6) is -0.446. The van der Waals surface area contributed by atoms with Crippen LogP contribution >= 0.6 is 0 Å². The molecular weight excluding hydrogens is 132 g/mol. The molecule has 0 atom stereocenters. The normalized spacial score (nSPS) is 9.70. The van der Waals surface area contributed by atoms with Crippen molar-refractivity contribution in [1.29, 1.82) is 0 Å². The highest BCUT2D eigenvalue weighted by molar-refractivity contribution is 5.86. The molecule has 1 N–H and O–H groups in total. The minimum absolute atomic E-state index is 0.0855. The average Bonchev–Trinajstić information content (AvgIpc) is 1.88. The molecule has 0 amide bonds. The number of hydrogen-bond donors (Lipinski definition) is 1. The van der Waals surface area contributed by atoms with Crippen molar-refractivity contribution in [2.75, 3.05) is 6.61 Å². The van der Waals surface area contributed by atoms with Gasteiger partial charge >= 0.3 is 5.97 Å². The summed E-state index contributed by atoms with van der Waals surface area (Å²) in [6.45, 7) is 5.02. The van der Waals surface area contributed by atoms with Crippen molar-refractivity contribution < 1.29 is 14.6 Å². The predicted octanol–water partition coefficient (Wildman–Crippen LogP) is 1.18. The Labute approximate surface area is 59.6 Å². The molecule has 3 heteroatoms. The molecule has 0 aliphatic rings. The summed E-state index contributed by atoms with van der Waals surface area (Å²) in [5, 5.41) is 8.12. The molecule has 0 aliphatic carbocycles. The Balaban J connectivity index is 3.50. The Morgan fingerprint density at radius 2 is 2.40 bits per heavy atom. The number of rotatable bonds is 3. The molecule has 0 aromatic rings. The maximum Gasteiger partial charge on any atom is 0.333 e. The van der Waals surface area contributed by atoms with Gasteiger partial charge < -0.3 is 9.84 Å². The largest absolute Gasteiger partial charge is 0.516 e. The van der Waals surface area contributed by atoms with E-state index >= 15 is 0 Å². The van der Waals surface area contributed by atoms with Crippen LogP contribution in [0.4, 0.5) is 0 Å². The van der Waals surface area contributed by atoms with Gasteiger partial charge in [-0.1, -0.05) is 6.58 Å². The highest BCUT2D eigenvalue weighted by Gasteiger charge is 1.99. The van der Waals surface area contributed by atoms with Crippen molar-refractivity contribution in [1.82, 2.24) is 0 Å². The van der Waals surface area contributed by atoms with E-state index in [-0.39, 0.29) is 6.61 Å². The fourth-order valence-corrected chi connectivity index (χ4v) is 0.290. The lowest BCUT2D eigenvalue weighted by molar-refractivity contribution is -0.137. The molecule has 0 saturated carbocycles. The summed E-state index contributed by atoms with van der Waals surface area (Å²) >= 11 is 0. The zero-order valence-electron chi connectivity index (χ0n) is 5.83. The first-order valence-electron chi connectivity index (χ1n) is 2.80. The molecule has 10 heavy (non-hydrogen) atoms. The molecule has 56 valence electrons. The number of carbonyl (C=O) groups excluding carboxylic acids is 1. The summed E-state index contributed by atoms with van der Waals surface area (Å²) in [4.78, 5) is 10.6. The standard InChI is InChI=1S/C7H10O3/c1-6(2)7(9)10-5-3-4-8/h3-4,8H,1,5H2,2H3/b4-3+. The van der Waals surface area contributed by atoms with Gasteiger partial charge in [0, 0.05) is 5.57 Å². The first-order valence-corrected chi connectivity index (χ1v) is 2.80. The molecule has 0 aromatic heterocycles. The van der Waals surface area contributed by atoms with Crippen LogP contribution in [0.3, 0.4) is 0 Å². The second-order valence-electron chi connectivity index (χ2n) is 1.76. The lowest BCUT2D eigenvalue weighted by Gasteiger charge is -1.97. The van der Waals surface area contributed by atoms with E-state index in [0.29, 0.717) is 5.57 Å². The first kappa shape index (κ1) is 8.75. The quantitative estimate of drug-likeness (QED) is 0.365. The second-order valence-corrected chi connectivity index (χ2v) is 1.76. The maximum atomic E-state index is 10.6. The average molecular weight is 142 g/mol. The van der Waals surface area contributed by atoms with Crippen LogP contribution in [0.1, 0.15) is 6.92 Å². The van der Waals surface area contributed by atoms with E-state index in [0.717, 1.165) is 6.26 Å². The zero-order valence-corrected chi connectivity index (χ0v) is 5.83. The van der Waals surface area contributed by atoms with E-state index in [2.05, 4.69) is 11.3 Å². The molecule has 0 radical (unpaired) electrons. The smallest absolute Gasteiger partial charge is 0.333 e. The van der Waals surface area contributed by atoms with Crippen LogP contribution < -0.4 is 0 Å². The van der Waals surface area contributed by atoms with Crippen LogP contribution in [-0.4, -0.2) is 17.7 Å².